The van der Waals surface area contributed by atoms with Crippen molar-refractivity contribution in [1.82, 2.24) is 15.3 Å². The molecule has 0 aliphatic heterocycles. The number of H-pyrrole nitrogens is 1. The predicted octanol–water partition coefficient (Wildman–Crippen LogP) is 3.94. The van der Waals surface area contributed by atoms with E-state index in [1.54, 1.807) is 14.2 Å². The zero-order valence-corrected chi connectivity index (χ0v) is 14.7. The Kier molecular flexibility index (Phi) is 5.36. The quantitative estimate of drug-likeness (QED) is 0.685. The number of aromatic amines is 1. The molecule has 2 N–H and O–H groups in total. The van der Waals surface area contributed by atoms with Crippen molar-refractivity contribution < 1.29 is 9.47 Å². The minimum absolute atomic E-state index is 0.0929. The first-order valence-corrected chi connectivity index (χ1v) is 8.26. The third-order valence-electron chi connectivity index (χ3n) is 4.19. The Bertz CT molecular complexity index is 815. The topological polar surface area (TPSA) is 59.2 Å². The van der Waals surface area contributed by atoms with Gasteiger partial charge in [0.1, 0.15) is 17.3 Å². The molecule has 0 bridgehead atoms. The monoisotopic (exact) mass is 337 g/mol. The van der Waals surface area contributed by atoms with Gasteiger partial charge in [-0.15, -0.1) is 0 Å². The van der Waals surface area contributed by atoms with Gasteiger partial charge in [-0.25, -0.2) is 4.98 Å². The van der Waals surface area contributed by atoms with E-state index in [1.165, 1.54) is 0 Å². The standard InChI is InChI=1S/C20H23N3O2/c1-14(17-11-16(24-2)9-10-19(17)25-3)21-13-20-22-12-18(23-20)15-7-5-4-6-8-15/h4-12,14,21H,13H2,1-3H3,(H,22,23). The van der Waals surface area contributed by atoms with Crippen LogP contribution in [-0.2, 0) is 6.54 Å². The summed E-state index contributed by atoms with van der Waals surface area (Å²) in [6.07, 6.45) is 1.86. The van der Waals surface area contributed by atoms with Crippen LogP contribution in [0.3, 0.4) is 0 Å². The highest BCUT2D eigenvalue weighted by atomic mass is 16.5. The summed E-state index contributed by atoms with van der Waals surface area (Å²) < 4.78 is 10.8. The summed E-state index contributed by atoms with van der Waals surface area (Å²) in [4.78, 5) is 7.82. The number of nitrogens with zero attached hydrogens (tertiary/aromatic N) is 1. The van der Waals surface area contributed by atoms with Crippen LogP contribution in [0.4, 0.5) is 0 Å². The van der Waals surface area contributed by atoms with Gasteiger partial charge in [-0.1, -0.05) is 30.3 Å². The van der Waals surface area contributed by atoms with E-state index >= 15 is 0 Å². The number of nitrogens with one attached hydrogen (secondary N) is 2. The molecule has 1 atom stereocenters. The van der Waals surface area contributed by atoms with Crippen LogP contribution in [0.2, 0.25) is 0 Å². The minimum Gasteiger partial charge on any atom is -0.497 e. The van der Waals surface area contributed by atoms with E-state index in [0.29, 0.717) is 6.54 Å². The number of hydrogen-bond donors (Lipinski definition) is 2. The fraction of sp³-hybridized carbons (Fsp3) is 0.250. The van der Waals surface area contributed by atoms with Crippen LogP contribution in [0.5, 0.6) is 11.5 Å². The molecule has 3 aromatic rings. The van der Waals surface area contributed by atoms with Crippen LogP contribution < -0.4 is 14.8 Å². The second-order valence-electron chi connectivity index (χ2n) is 5.82. The number of benzene rings is 2. The van der Waals surface area contributed by atoms with Gasteiger partial charge in [0.25, 0.3) is 0 Å². The molecule has 25 heavy (non-hydrogen) atoms. The Balaban J connectivity index is 1.69. The number of methoxy groups -OCH3 is 2. The van der Waals surface area contributed by atoms with Crippen molar-refractivity contribution in [3.8, 4) is 22.8 Å². The summed E-state index contributed by atoms with van der Waals surface area (Å²) in [5.41, 5.74) is 3.20. The summed E-state index contributed by atoms with van der Waals surface area (Å²) in [7, 11) is 3.34. The SMILES string of the molecule is COc1ccc(OC)c(C(C)NCc2ncc(-c3ccccc3)[nH]2)c1. The van der Waals surface area contributed by atoms with Gasteiger partial charge in [-0.2, -0.15) is 0 Å². The molecule has 1 unspecified atom stereocenters. The van der Waals surface area contributed by atoms with E-state index in [9.17, 15) is 0 Å². The third-order valence-corrected chi connectivity index (χ3v) is 4.19. The maximum Gasteiger partial charge on any atom is 0.123 e. The normalized spacial score (nSPS) is 12.0. The van der Waals surface area contributed by atoms with Gasteiger partial charge in [-0.05, 0) is 30.7 Å². The minimum atomic E-state index is 0.0929. The van der Waals surface area contributed by atoms with Gasteiger partial charge in [0.15, 0.2) is 0 Å². The number of aromatic nitrogens is 2. The highest BCUT2D eigenvalue weighted by Crippen LogP contribution is 2.29. The van der Waals surface area contributed by atoms with Crippen molar-refractivity contribution in [2.45, 2.75) is 19.5 Å². The molecule has 0 amide bonds. The van der Waals surface area contributed by atoms with E-state index in [0.717, 1.165) is 34.1 Å². The second-order valence-corrected chi connectivity index (χ2v) is 5.82. The second kappa shape index (κ2) is 7.85. The Morgan fingerprint density at radius 3 is 2.60 bits per heavy atom. The van der Waals surface area contributed by atoms with Crippen molar-refractivity contribution in [3.63, 3.8) is 0 Å². The van der Waals surface area contributed by atoms with E-state index in [2.05, 4.69) is 34.3 Å². The molecule has 0 radical (unpaired) electrons. The number of hydrogen-bond acceptors (Lipinski definition) is 4. The molecule has 1 aromatic heterocycles. The summed E-state index contributed by atoms with van der Waals surface area (Å²) in [5.74, 6) is 2.55. The van der Waals surface area contributed by atoms with Crippen molar-refractivity contribution in [3.05, 3.63) is 66.1 Å². The molecule has 0 aliphatic carbocycles. The van der Waals surface area contributed by atoms with Crippen molar-refractivity contribution >= 4 is 0 Å². The molecule has 1 heterocycles. The molecule has 0 aliphatic rings. The van der Waals surface area contributed by atoms with E-state index in [4.69, 9.17) is 9.47 Å². The lowest BCUT2D eigenvalue weighted by atomic mass is 10.1. The average Bonchev–Trinajstić information content (AvgIpc) is 3.15. The molecule has 0 fully saturated rings. The lowest BCUT2D eigenvalue weighted by Gasteiger charge is -2.17. The van der Waals surface area contributed by atoms with Gasteiger partial charge >= 0.3 is 0 Å². The van der Waals surface area contributed by atoms with Crippen molar-refractivity contribution in [2.24, 2.45) is 0 Å². The number of imidazole rings is 1. The lowest BCUT2D eigenvalue weighted by Crippen LogP contribution is -2.19. The Morgan fingerprint density at radius 1 is 1.08 bits per heavy atom. The van der Waals surface area contributed by atoms with Crippen LogP contribution in [0.25, 0.3) is 11.3 Å². The van der Waals surface area contributed by atoms with Crippen LogP contribution in [0, 0.1) is 0 Å². The van der Waals surface area contributed by atoms with Crippen molar-refractivity contribution in [1.29, 1.82) is 0 Å². The summed E-state index contributed by atoms with van der Waals surface area (Å²) in [6.45, 7) is 2.73. The molecule has 130 valence electrons. The maximum absolute atomic E-state index is 5.46. The molecule has 3 rings (SSSR count). The lowest BCUT2D eigenvalue weighted by molar-refractivity contribution is 0.391. The Labute approximate surface area is 148 Å². The van der Waals surface area contributed by atoms with E-state index in [1.807, 2.05) is 42.6 Å². The maximum atomic E-state index is 5.46. The average molecular weight is 337 g/mol. The smallest absolute Gasteiger partial charge is 0.123 e. The van der Waals surface area contributed by atoms with E-state index in [-0.39, 0.29) is 6.04 Å². The molecule has 0 saturated carbocycles. The Hall–Kier alpha value is -2.79. The summed E-state index contributed by atoms with van der Waals surface area (Å²) >= 11 is 0. The number of rotatable bonds is 7. The molecule has 0 saturated heterocycles. The van der Waals surface area contributed by atoms with Crippen LogP contribution in [-0.4, -0.2) is 24.2 Å². The van der Waals surface area contributed by atoms with Crippen LogP contribution >= 0.6 is 0 Å². The molecule has 5 nitrogen and oxygen atoms in total. The molecule has 5 heteroatoms. The number of ether oxygens (including phenoxy) is 2. The summed E-state index contributed by atoms with van der Waals surface area (Å²) in [6, 6.07) is 16.1. The van der Waals surface area contributed by atoms with E-state index < -0.39 is 0 Å². The van der Waals surface area contributed by atoms with Gasteiger partial charge in [0, 0.05) is 11.6 Å². The molecular weight excluding hydrogens is 314 g/mol. The van der Waals surface area contributed by atoms with Crippen LogP contribution in [0.15, 0.2) is 54.7 Å². The Morgan fingerprint density at radius 2 is 1.88 bits per heavy atom. The van der Waals surface area contributed by atoms with Gasteiger partial charge < -0.3 is 19.8 Å². The van der Waals surface area contributed by atoms with Crippen LogP contribution in [0.1, 0.15) is 24.4 Å². The first-order valence-electron chi connectivity index (χ1n) is 8.26. The van der Waals surface area contributed by atoms with Crippen molar-refractivity contribution in [2.75, 3.05) is 14.2 Å². The van der Waals surface area contributed by atoms with Gasteiger partial charge in [0.05, 0.1) is 32.7 Å². The molecule has 2 aromatic carbocycles. The summed E-state index contributed by atoms with van der Waals surface area (Å²) in [5, 5.41) is 3.48. The fourth-order valence-electron chi connectivity index (χ4n) is 2.75. The highest BCUT2D eigenvalue weighted by Gasteiger charge is 2.13. The highest BCUT2D eigenvalue weighted by molar-refractivity contribution is 5.58. The largest absolute Gasteiger partial charge is 0.497 e. The molecule has 0 spiro atoms. The predicted molar refractivity (Wildman–Crippen MR) is 98.8 cm³/mol. The zero-order valence-electron chi connectivity index (χ0n) is 14.7. The fourth-order valence-corrected chi connectivity index (χ4v) is 2.75. The first kappa shape index (κ1) is 17.0. The third kappa shape index (κ3) is 4.00. The van der Waals surface area contributed by atoms with Gasteiger partial charge in [0.2, 0.25) is 0 Å². The van der Waals surface area contributed by atoms with Gasteiger partial charge in [-0.3, -0.25) is 0 Å². The molecular formula is C20H23N3O2. The zero-order chi connectivity index (χ0) is 17.6. The first-order chi connectivity index (χ1) is 12.2.